The van der Waals surface area contributed by atoms with Crippen LogP contribution in [-0.4, -0.2) is 50.8 Å². The van der Waals surface area contributed by atoms with Crippen LogP contribution in [0.5, 0.6) is 5.75 Å². The molecule has 3 N–H and O–H groups in total. The summed E-state index contributed by atoms with van der Waals surface area (Å²) in [6, 6.07) is 14.7. The van der Waals surface area contributed by atoms with Crippen molar-refractivity contribution in [3.8, 4) is 5.75 Å². The predicted octanol–water partition coefficient (Wildman–Crippen LogP) is 1.80. The largest absolute Gasteiger partial charge is 0.497 e. The van der Waals surface area contributed by atoms with Crippen LogP contribution in [0.3, 0.4) is 0 Å². The number of aliphatic hydroxyl groups excluding tert-OH is 1. The Morgan fingerprint density at radius 2 is 1.90 bits per heavy atom. The van der Waals surface area contributed by atoms with E-state index in [9.17, 15) is 9.90 Å². The molecule has 0 unspecified atom stereocenters. The van der Waals surface area contributed by atoms with Gasteiger partial charge in [0, 0.05) is 17.7 Å². The Morgan fingerprint density at radius 1 is 1.21 bits per heavy atom. The minimum Gasteiger partial charge on any atom is -0.497 e. The Bertz CT molecular complexity index is 853. The standard InChI is InChI=1S/C21H28N4O3Si/c1-28-18-8-4-15(5-9-18)20(23-24-25-13-12-17(26)14-25)21(27)22-16-6-10-19(11-7-16)29(2)3/h4-11,17,20,26,29H,12-14H2,1-3H3,(H,22,27)/p+1/t17-,20+/m0/s1. The summed E-state index contributed by atoms with van der Waals surface area (Å²) in [7, 11) is 0.737. The van der Waals surface area contributed by atoms with Crippen molar-refractivity contribution in [2.75, 3.05) is 25.5 Å². The van der Waals surface area contributed by atoms with E-state index in [-0.39, 0.29) is 12.0 Å². The van der Waals surface area contributed by atoms with Gasteiger partial charge in [0.15, 0.2) is 0 Å². The molecule has 1 aliphatic rings. The zero-order chi connectivity index (χ0) is 20.8. The number of nitrogens with one attached hydrogen (secondary N) is 2. The molecule has 2 aromatic carbocycles. The summed E-state index contributed by atoms with van der Waals surface area (Å²) < 4.78 is 6.96. The van der Waals surface area contributed by atoms with Crippen LogP contribution in [-0.2, 0) is 4.79 Å². The maximum absolute atomic E-state index is 13.0. The smallest absolute Gasteiger partial charge is 0.276 e. The zero-order valence-electron chi connectivity index (χ0n) is 17.1. The molecule has 0 spiro atoms. The number of benzene rings is 2. The summed E-state index contributed by atoms with van der Waals surface area (Å²) in [6.07, 6.45) is 0.299. The molecule has 1 heterocycles. The summed E-state index contributed by atoms with van der Waals surface area (Å²) in [5.41, 5.74) is 4.51. The van der Waals surface area contributed by atoms with Gasteiger partial charge in [-0.1, -0.05) is 42.5 Å². The minimum absolute atomic E-state index is 0.201. The fraction of sp³-hybridized carbons (Fsp3) is 0.381. The molecule has 2 aromatic rings. The van der Waals surface area contributed by atoms with Crippen molar-refractivity contribution in [1.82, 2.24) is 5.43 Å². The molecule has 0 saturated carbocycles. The molecule has 1 aliphatic heterocycles. The number of ether oxygens (including phenoxy) is 1. The first kappa shape index (κ1) is 21.0. The molecule has 1 saturated heterocycles. The first-order chi connectivity index (χ1) is 14.0. The number of aliphatic hydroxyl groups is 1. The van der Waals surface area contributed by atoms with Gasteiger partial charge in [-0.25, -0.2) is 0 Å². The van der Waals surface area contributed by atoms with E-state index in [1.807, 2.05) is 36.4 Å². The predicted molar refractivity (Wildman–Crippen MR) is 115 cm³/mol. The average molecular weight is 414 g/mol. The van der Waals surface area contributed by atoms with Crippen LogP contribution in [0.2, 0.25) is 13.1 Å². The van der Waals surface area contributed by atoms with Gasteiger partial charge < -0.3 is 15.2 Å². The van der Waals surface area contributed by atoms with Crippen LogP contribution < -0.4 is 20.7 Å². The third kappa shape index (κ3) is 5.64. The van der Waals surface area contributed by atoms with E-state index in [2.05, 4.69) is 41.2 Å². The fourth-order valence-electron chi connectivity index (χ4n) is 3.20. The highest BCUT2D eigenvalue weighted by atomic mass is 28.3. The monoisotopic (exact) mass is 413 g/mol. The van der Waals surface area contributed by atoms with Gasteiger partial charge in [0.1, 0.15) is 18.8 Å². The number of hydrogen-bond acceptors (Lipinski definition) is 4. The topological polar surface area (TPSA) is 86.0 Å². The van der Waals surface area contributed by atoms with Gasteiger partial charge in [-0.05, 0) is 24.3 Å². The first-order valence-corrected chi connectivity index (χ1v) is 12.8. The summed E-state index contributed by atoms with van der Waals surface area (Å²) >= 11 is 0. The van der Waals surface area contributed by atoms with Crippen LogP contribution in [0.15, 0.2) is 53.8 Å². The van der Waals surface area contributed by atoms with Crippen LogP contribution in [0.4, 0.5) is 5.69 Å². The zero-order valence-corrected chi connectivity index (χ0v) is 18.3. The van der Waals surface area contributed by atoms with E-state index in [0.29, 0.717) is 19.5 Å². The van der Waals surface area contributed by atoms with Gasteiger partial charge in [0.05, 0.1) is 27.2 Å². The molecule has 154 valence electrons. The number of hydrogen-bond donors (Lipinski definition) is 3. The molecule has 2 atom stereocenters. The van der Waals surface area contributed by atoms with E-state index in [1.165, 1.54) is 5.19 Å². The van der Waals surface area contributed by atoms with Gasteiger partial charge in [0.25, 0.3) is 5.91 Å². The third-order valence-electron chi connectivity index (χ3n) is 5.03. The van der Waals surface area contributed by atoms with Crippen molar-refractivity contribution in [2.45, 2.75) is 31.7 Å². The van der Waals surface area contributed by atoms with Gasteiger partial charge in [-0.15, -0.1) is 0 Å². The molecule has 8 heteroatoms. The number of methoxy groups -OCH3 is 1. The third-order valence-corrected chi connectivity index (χ3v) is 6.74. The van der Waals surface area contributed by atoms with E-state index in [1.54, 1.807) is 11.8 Å². The number of β-amino-alcohol motifs (C(OH)–C–C–N with tert-alkyl or cyclic N) is 1. The number of nitrogens with zero attached hydrogens (tertiary/aromatic N) is 2. The van der Waals surface area contributed by atoms with Crippen LogP contribution in [0.25, 0.3) is 0 Å². The van der Waals surface area contributed by atoms with E-state index in [4.69, 9.17) is 4.74 Å². The molecular formula is C21H29N4O3Si+. The van der Waals surface area contributed by atoms with Crippen molar-refractivity contribution in [3.05, 3.63) is 54.1 Å². The average Bonchev–Trinajstić information content (AvgIpc) is 3.14. The van der Waals surface area contributed by atoms with Crippen LogP contribution in [0.1, 0.15) is 18.0 Å². The lowest BCUT2D eigenvalue weighted by Gasteiger charge is -2.14. The van der Waals surface area contributed by atoms with Crippen molar-refractivity contribution in [3.63, 3.8) is 0 Å². The number of rotatable bonds is 7. The lowest BCUT2D eigenvalue weighted by molar-refractivity contribution is -0.583. The lowest BCUT2D eigenvalue weighted by Crippen LogP contribution is -2.31. The normalized spacial score (nSPS) is 18.7. The molecule has 1 amide bonds. The fourth-order valence-corrected chi connectivity index (χ4v) is 4.16. The summed E-state index contributed by atoms with van der Waals surface area (Å²) in [5, 5.41) is 18.3. The first-order valence-electron chi connectivity index (χ1n) is 9.90. The second-order valence-electron chi connectivity index (χ2n) is 7.56. The van der Waals surface area contributed by atoms with Gasteiger partial charge in [0.2, 0.25) is 6.04 Å². The second kappa shape index (κ2) is 9.66. The minimum atomic E-state index is -0.869. The van der Waals surface area contributed by atoms with E-state index < -0.39 is 14.8 Å². The lowest BCUT2D eigenvalue weighted by atomic mass is 10.1. The highest BCUT2D eigenvalue weighted by molar-refractivity contribution is 6.70. The Morgan fingerprint density at radius 3 is 2.45 bits per heavy atom. The Balaban J connectivity index is 1.77. The highest BCUT2D eigenvalue weighted by Gasteiger charge is 2.27. The quantitative estimate of drug-likeness (QED) is 0.367. The summed E-state index contributed by atoms with van der Waals surface area (Å²) in [4.78, 5) is 13.0. The van der Waals surface area contributed by atoms with Crippen molar-refractivity contribution < 1.29 is 19.3 Å². The molecule has 3 rings (SSSR count). The maximum atomic E-state index is 13.0. The summed E-state index contributed by atoms with van der Waals surface area (Å²) in [6.45, 7) is 5.66. The summed E-state index contributed by atoms with van der Waals surface area (Å²) in [5.74, 6) is 0.522. The SMILES string of the molecule is COc1ccc([C@@H](N/N=[N+]2\CC[C@H](O)C2)C(=O)Nc2ccc([SiH](C)C)cc2)cc1. The number of amides is 1. The Labute approximate surface area is 173 Å². The second-order valence-corrected chi connectivity index (χ2v) is 10.5. The molecule has 1 fully saturated rings. The van der Waals surface area contributed by atoms with Gasteiger partial charge in [-0.3, -0.25) is 4.79 Å². The van der Waals surface area contributed by atoms with Gasteiger partial charge >= 0.3 is 0 Å². The molecule has 0 bridgehead atoms. The van der Waals surface area contributed by atoms with Crippen LogP contribution in [0, 0.1) is 0 Å². The maximum Gasteiger partial charge on any atom is 0.276 e. The van der Waals surface area contributed by atoms with Crippen molar-refractivity contribution in [2.24, 2.45) is 5.22 Å². The molecule has 0 aromatic heterocycles. The Kier molecular flexibility index (Phi) is 7.00. The Hall–Kier alpha value is -2.71. The van der Waals surface area contributed by atoms with Gasteiger partial charge in [-0.2, -0.15) is 10.1 Å². The number of carbonyl (C=O) groups excluding carboxylic acids is 1. The van der Waals surface area contributed by atoms with E-state index >= 15 is 0 Å². The molecule has 0 radical (unpaired) electrons. The molecule has 7 nitrogen and oxygen atoms in total. The molecule has 29 heavy (non-hydrogen) atoms. The highest BCUT2D eigenvalue weighted by Crippen LogP contribution is 2.20. The number of anilines is 1. The van der Waals surface area contributed by atoms with Crippen LogP contribution >= 0.6 is 0 Å². The molecular weight excluding hydrogens is 384 g/mol. The van der Waals surface area contributed by atoms with Crippen molar-refractivity contribution >= 4 is 25.6 Å². The van der Waals surface area contributed by atoms with E-state index in [0.717, 1.165) is 17.0 Å². The number of carbonyl (C=O) groups is 1. The molecule has 0 aliphatic carbocycles. The van der Waals surface area contributed by atoms with Crippen molar-refractivity contribution in [1.29, 1.82) is 0 Å².